The van der Waals surface area contributed by atoms with Crippen LogP contribution in [0.4, 0.5) is 0 Å². The lowest BCUT2D eigenvalue weighted by Crippen LogP contribution is -2.20. The summed E-state index contributed by atoms with van der Waals surface area (Å²) < 4.78 is 7.53. The maximum absolute atomic E-state index is 12.4. The van der Waals surface area contributed by atoms with E-state index < -0.39 is 0 Å². The van der Waals surface area contributed by atoms with Crippen LogP contribution in [0.1, 0.15) is 16.3 Å². The lowest BCUT2D eigenvalue weighted by atomic mass is 10.2. The predicted molar refractivity (Wildman–Crippen MR) is 76.9 cm³/mol. The van der Waals surface area contributed by atoms with Gasteiger partial charge in [0.25, 0.3) is 5.56 Å². The van der Waals surface area contributed by atoms with Crippen LogP contribution in [0.25, 0.3) is 10.9 Å². The van der Waals surface area contributed by atoms with Gasteiger partial charge >= 0.3 is 0 Å². The van der Waals surface area contributed by atoms with Gasteiger partial charge in [-0.25, -0.2) is 4.98 Å². The van der Waals surface area contributed by atoms with Crippen LogP contribution in [-0.2, 0) is 6.54 Å². The predicted octanol–water partition coefficient (Wildman–Crippen LogP) is 2.61. The van der Waals surface area contributed by atoms with E-state index in [1.165, 1.54) is 10.9 Å². The summed E-state index contributed by atoms with van der Waals surface area (Å²) in [4.78, 5) is 27.2. The van der Waals surface area contributed by atoms with Crippen LogP contribution in [0.3, 0.4) is 0 Å². The highest BCUT2D eigenvalue weighted by atomic mass is 79.9. The molecule has 0 spiro atoms. The minimum atomic E-state index is -0.152. The Morgan fingerprint density at radius 3 is 2.90 bits per heavy atom. The number of rotatable bonds is 3. The average molecular weight is 333 g/mol. The number of hydrogen-bond donors (Lipinski definition) is 0. The molecule has 20 heavy (non-hydrogen) atoms. The van der Waals surface area contributed by atoms with E-state index in [0.717, 1.165) is 4.47 Å². The van der Waals surface area contributed by atoms with Crippen LogP contribution < -0.4 is 5.56 Å². The van der Waals surface area contributed by atoms with Crippen molar-refractivity contribution in [2.75, 3.05) is 0 Å². The second-order valence-corrected chi connectivity index (χ2v) is 5.18. The quantitative estimate of drug-likeness (QED) is 0.691. The van der Waals surface area contributed by atoms with E-state index in [1.54, 1.807) is 24.3 Å². The van der Waals surface area contributed by atoms with Crippen molar-refractivity contribution in [3.05, 3.63) is 63.0 Å². The molecule has 0 saturated carbocycles. The number of carbonyl (C=O) groups is 1. The third-order valence-electron chi connectivity index (χ3n) is 2.91. The molecule has 2 heterocycles. The van der Waals surface area contributed by atoms with Gasteiger partial charge in [-0.3, -0.25) is 14.2 Å². The van der Waals surface area contributed by atoms with Crippen LogP contribution in [0.5, 0.6) is 0 Å². The molecule has 0 saturated heterocycles. The molecule has 0 amide bonds. The summed E-state index contributed by atoms with van der Waals surface area (Å²) in [6.07, 6.45) is 2.10. The number of benzene rings is 1. The van der Waals surface area contributed by atoms with E-state index in [2.05, 4.69) is 20.9 Å². The number of fused-ring (bicyclic) bond motifs is 1. The normalized spacial score (nSPS) is 10.8. The fourth-order valence-corrected chi connectivity index (χ4v) is 2.32. The summed E-state index contributed by atoms with van der Waals surface area (Å²) in [6, 6.07) is 8.59. The third kappa shape index (κ3) is 2.30. The van der Waals surface area contributed by atoms with Gasteiger partial charge in [0.1, 0.15) is 5.76 Å². The molecule has 0 unspecified atom stereocenters. The zero-order valence-electron chi connectivity index (χ0n) is 10.2. The van der Waals surface area contributed by atoms with Gasteiger partial charge in [0.15, 0.2) is 12.0 Å². The molecule has 0 atom stereocenters. The van der Waals surface area contributed by atoms with Gasteiger partial charge in [0.05, 0.1) is 23.8 Å². The molecular formula is C14H9BrN2O3. The third-order valence-corrected chi connectivity index (χ3v) is 3.40. The number of aromatic nitrogens is 2. The van der Waals surface area contributed by atoms with Crippen molar-refractivity contribution in [2.24, 2.45) is 0 Å². The van der Waals surface area contributed by atoms with Crippen molar-refractivity contribution in [1.82, 2.24) is 9.55 Å². The Labute approximate surface area is 122 Å². The van der Waals surface area contributed by atoms with Gasteiger partial charge in [0.2, 0.25) is 0 Å². The maximum Gasteiger partial charge on any atom is 0.261 e. The number of nitrogens with zero attached hydrogens (tertiary/aromatic N) is 2. The molecule has 0 N–H and O–H groups in total. The molecule has 0 aliphatic heterocycles. The van der Waals surface area contributed by atoms with Gasteiger partial charge in [-0.15, -0.1) is 0 Å². The molecule has 3 aromatic rings. The standard InChI is InChI=1S/C14H9BrN2O3/c15-9-1-4-13-12(5-9)14(19)17(8-16-13)6-10-2-3-11(7-18)20-10/h1-5,7-8H,6H2. The number of hydrogen-bond acceptors (Lipinski definition) is 4. The minimum absolute atomic E-state index is 0.152. The van der Waals surface area contributed by atoms with Crippen LogP contribution in [-0.4, -0.2) is 15.8 Å². The molecule has 5 nitrogen and oxygen atoms in total. The molecule has 3 rings (SSSR count). The summed E-state index contributed by atoms with van der Waals surface area (Å²) in [6.45, 7) is 0.238. The molecule has 0 aliphatic rings. The SMILES string of the molecule is O=Cc1ccc(Cn2cnc3ccc(Br)cc3c2=O)o1. The smallest absolute Gasteiger partial charge is 0.261 e. The maximum atomic E-state index is 12.4. The van der Waals surface area contributed by atoms with Crippen molar-refractivity contribution in [3.63, 3.8) is 0 Å². The first-order valence-electron chi connectivity index (χ1n) is 5.86. The fourth-order valence-electron chi connectivity index (χ4n) is 1.95. The Morgan fingerprint density at radius 2 is 2.15 bits per heavy atom. The van der Waals surface area contributed by atoms with Crippen LogP contribution >= 0.6 is 15.9 Å². The first-order chi connectivity index (χ1) is 9.67. The summed E-state index contributed by atoms with van der Waals surface area (Å²) in [5, 5.41) is 0.532. The molecule has 0 bridgehead atoms. The Hall–Kier alpha value is -2.21. The van der Waals surface area contributed by atoms with Gasteiger partial charge in [-0.1, -0.05) is 15.9 Å². The molecule has 0 fully saturated rings. The molecule has 100 valence electrons. The summed E-state index contributed by atoms with van der Waals surface area (Å²) in [5.41, 5.74) is 0.489. The zero-order chi connectivity index (χ0) is 14.1. The second kappa shape index (κ2) is 5.05. The number of furan rings is 1. The highest BCUT2D eigenvalue weighted by molar-refractivity contribution is 9.10. The lowest BCUT2D eigenvalue weighted by Gasteiger charge is -2.04. The van der Waals surface area contributed by atoms with Crippen molar-refractivity contribution < 1.29 is 9.21 Å². The first-order valence-corrected chi connectivity index (χ1v) is 6.65. The minimum Gasteiger partial charge on any atom is -0.456 e. The first kappa shape index (κ1) is 12.8. The van der Waals surface area contributed by atoms with E-state index in [0.29, 0.717) is 22.9 Å². The monoisotopic (exact) mass is 332 g/mol. The summed E-state index contributed by atoms with van der Waals surface area (Å²) in [7, 11) is 0. The van der Waals surface area contributed by atoms with E-state index in [4.69, 9.17) is 4.42 Å². The van der Waals surface area contributed by atoms with Crippen LogP contribution in [0.15, 0.2) is 50.3 Å². The van der Waals surface area contributed by atoms with Crippen molar-refractivity contribution in [3.8, 4) is 0 Å². The number of aldehydes is 1. The molecular weight excluding hydrogens is 324 g/mol. The molecule has 2 aromatic heterocycles. The molecule has 0 aliphatic carbocycles. The topological polar surface area (TPSA) is 65.1 Å². The summed E-state index contributed by atoms with van der Waals surface area (Å²) in [5.74, 6) is 0.773. The summed E-state index contributed by atoms with van der Waals surface area (Å²) >= 11 is 3.34. The highest BCUT2D eigenvalue weighted by Crippen LogP contribution is 2.15. The van der Waals surface area contributed by atoms with Gasteiger partial charge < -0.3 is 4.42 Å². The second-order valence-electron chi connectivity index (χ2n) is 4.26. The fraction of sp³-hybridized carbons (Fsp3) is 0.0714. The molecule has 6 heteroatoms. The van der Waals surface area contributed by atoms with E-state index >= 15 is 0 Å². The van der Waals surface area contributed by atoms with E-state index in [1.807, 2.05) is 6.07 Å². The van der Waals surface area contributed by atoms with Crippen LogP contribution in [0, 0.1) is 0 Å². The average Bonchev–Trinajstić information content (AvgIpc) is 2.90. The van der Waals surface area contributed by atoms with E-state index in [9.17, 15) is 9.59 Å². The van der Waals surface area contributed by atoms with Gasteiger partial charge in [-0.2, -0.15) is 0 Å². The Bertz CT molecular complexity index is 851. The zero-order valence-corrected chi connectivity index (χ0v) is 11.8. The largest absolute Gasteiger partial charge is 0.456 e. The van der Waals surface area contributed by atoms with Gasteiger partial charge in [0, 0.05) is 4.47 Å². The Balaban J connectivity index is 2.05. The number of halogens is 1. The Morgan fingerprint density at radius 1 is 1.30 bits per heavy atom. The molecule has 0 radical (unpaired) electrons. The van der Waals surface area contributed by atoms with Gasteiger partial charge in [-0.05, 0) is 30.3 Å². The van der Waals surface area contributed by atoms with E-state index in [-0.39, 0.29) is 17.9 Å². The molecule has 1 aromatic carbocycles. The van der Waals surface area contributed by atoms with Crippen molar-refractivity contribution in [1.29, 1.82) is 0 Å². The number of carbonyl (C=O) groups excluding carboxylic acids is 1. The lowest BCUT2D eigenvalue weighted by molar-refractivity contribution is 0.109. The van der Waals surface area contributed by atoms with Crippen molar-refractivity contribution in [2.45, 2.75) is 6.54 Å². The highest BCUT2D eigenvalue weighted by Gasteiger charge is 2.07. The Kier molecular flexibility index (Phi) is 3.23. The van der Waals surface area contributed by atoms with Crippen LogP contribution in [0.2, 0.25) is 0 Å². The van der Waals surface area contributed by atoms with Crippen molar-refractivity contribution >= 4 is 33.1 Å².